The van der Waals surface area contributed by atoms with Crippen molar-refractivity contribution in [2.75, 3.05) is 20.2 Å². The number of hydrogen-bond acceptors (Lipinski definition) is 3. The molecular formula is C15H21NO3. The number of methoxy groups -OCH3 is 1. The van der Waals surface area contributed by atoms with Crippen molar-refractivity contribution in [2.45, 2.75) is 31.8 Å². The Hall–Kier alpha value is -1.55. The highest BCUT2D eigenvalue weighted by atomic mass is 16.5. The van der Waals surface area contributed by atoms with E-state index in [1.54, 1.807) is 12.0 Å². The number of nitrogens with zero attached hydrogens (tertiary/aromatic N) is 1. The van der Waals surface area contributed by atoms with E-state index >= 15 is 0 Å². The van der Waals surface area contributed by atoms with E-state index < -0.39 is 0 Å². The zero-order valence-electron chi connectivity index (χ0n) is 11.5. The van der Waals surface area contributed by atoms with Crippen LogP contribution in [0.15, 0.2) is 24.3 Å². The molecule has 1 fully saturated rings. The summed E-state index contributed by atoms with van der Waals surface area (Å²) >= 11 is 0. The van der Waals surface area contributed by atoms with Crippen molar-refractivity contribution in [3.63, 3.8) is 0 Å². The van der Waals surface area contributed by atoms with Gasteiger partial charge in [0.15, 0.2) is 0 Å². The van der Waals surface area contributed by atoms with Crippen LogP contribution < -0.4 is 4.74 Å². The van der Waals surface area contributed by atoms with Crippen molar-refractivity contribution in [2.24, 2.45) is 0 Å². The fraction of sp³-hybridized carbons (Fsp3) is 0.533. The van der Waals surface area contributed by atoms with Gasteiger partial charge >= 0.3 is 0 Å². The monoisotopic (exact) mass is 263 g/mol. The van der Waals surface area contributed by atoms with Crippen LogP contribution in [0.2, 0.25) is 0 Å². The molecule has 0 aromatic heterocycles. The number of ether oxygens (including phenoxy) is 1. The third-order valence-electron chi connectivity index (χ3n) is 3.67. The van der Waals surface area contributed by atoms with Gasteiger partial charge in [-0.1, -0.05) is 25.1 Å². The molecule has 1 saturated heterocycles. The van der Waals surface area contributed by atoms with E-state index in [1.807, 2.05) is 31.2 Å². The van der Waals surface area contributed by atoms with Crippen LogP contribution >= 0.6 is 0 Å². The molecule has 0 radical (unpaired) electrons. The van der Waals surface area contributed by atoms with Crippen molar-refractivity contribution in [3.8, 4) is 5.75 Å². The van der Waals surface area contributed by atoms with E-state index in [2.05, 4.69) is 0 Å². The van der Waals surface area contributed by atoms with Gasteiger partial charge in [-0.05, 0) is 24.0 Å². The molecule has 0 bridgehead atoms. The van der Waals surface area contributed by atoms with E-state index in [0.29, 0.717) is 25.9 Å². The maximum Gasteiger partial charge on any atom is 0.223 e. The predicted octanol–water partition coefficient (Wildman–Crippen LogP) is 1.78. The largest absolute Gasteiger partial charge is 0.496 e. The number of rotatable bonds is 4. The second kappa shape index (κ2) is 6.06. The predicted molar refractivity (Wildman–Crippen MR) is 73.2 cm³/mol. The normalized spacial score (nSPS) is 20.4. The summed E-state index contributed by atoms with van der Waals surface area (Å²) in [7, 11) is 1.64. The molecule has 2 rings (SSSR count). The highest BCUT2D eigenvalue weighted by Crippen LogP contribution is 2.29. The minimum atomic E-state index is -0.356. The van der Waals surface area contributed by atoms with Crippen molar-refractivity contribution in [3.05, 3.63) is 29.8 Å². The number of aliphatic hydroxyl groups is 1. The van der Waals surface area contributed by atoms with Crippen LogP contribution in [0.25, 0.3) is 0 Å². The molecule has 1 aliphatic rings. The maximum absolute atomic E-state index is 12.1. The minimum absolute atomic E-state index is 0.106. The number of amides is 1. The van der Waals surface area contributed by atoms with Gasteiger partial charge in [0.05, 0.1) is 13.2 Å². The molecule has 1 unspecified atom stereocenters. The Morgan fingerprint density at radius 2 is 2.26 bits per heavy atom. The molecule has 4 heteroatoms. The van der Waals surface area contributed by atoms with Crippen molar-refractivity contribution < 1.29 is 14.6 Å². The van der Waals surface area contributed by atoms with Crippen LogP contribution in [0.1, 0.15) is 31.2 Å². The van der Waals surface area contributed by atoms with Gasteiger partial charge < -0.3 is 14.7 Å². The summed E-state index contributed by atoms with van der Waals surface area (Å²) in [6, 6.07) is 7.79. The number of β-amino-alcohol motifs (C(OH)–C–C–N with tert-alkyl or cyclic N) is 1. The molecular weight excluding hydrogens is 242 g/mol. The van der Waals surface area contributed by atoms with Gasteiger partial charge in [-0.2, -0.15) is 0 Å². The quantitative estimate of drug-likeness (QED) is 0.901. The number of hydrogen-bond donors (Lipinski definition) is 1. The Morgan fingerprint density at radius 3 is 2.89 bits per heavy atom. The van der Waals surface area contributed by atoms with Crippen LogP contribution in [-0.2, 0) is 4.79 Å². The van der Waals surface area contributed by atoms with Gasteiger partial charge in [-0.3, -0.25) is 4.79 Å². The number of carbonyl (C=O) groups excluding carboxylic acids is 1. The molecule has 0 saturated carbocycles. The Labute approximate surface area is 114 Å². The molecule has 0 aliphatic carbocycles. The van der Waals surface area contributed by atoms with E-state index in [-0.39, 0.29) is 17.9 Å². The molecule has 1 amide bonds. The lowest BCUT2D eigenvalue weighted by molar-refractivity contribution is -0.130. The maximum atomic E-state index is 12.1. The van der Waals surface area contributed by atoms with Gasteiger partial charge in [0.1, 0.15) is 5.75 Å². The first kappa shape index (κ1) is 13.9. The zero-order valence-corrected chi connectivity index (χ0v) is 11.5. The van der Waals surface area contributed by atoms with Crippen LogP contribution in [0.3, 0.4) is 0 Å². The Bertz CT molecular complexity index is 447. The molecule has 2 atom stereocenters. The van der Waals surface area contributed by atoms with E-state index in [4.69, 9.17) is 4.74 Å². The third-order valence-corrected chi connectivity index (χ3v) is 3.67. The SMILES string of the molecule is COc1ccccc1C(C)CC(=O)N1CC[C@@H](O)C1. The molecule has 1 aliphatic heterocycles. The van der Waals surface area contributed by atoms with E-state index in [0.717, 1.165) is 11.3 Å². The molecule has 104 valence electrons. The highest BCUT2D eigenvalue weighted by molar-refractivity contribution is 5.77. The Morgan fingerprint density at radius 1 is 1.53 bits per heavy atom. The first-order chi connectivity index (χ1) is 9.11. The number of likely N-dealkylation sites (tertiary alicyclic amines) is 1. The minimum Gasteiger partial charge on any atom is -0.496 e. The number of carbonyl (C=O) groups is 1. The van der Waals surface area contributed by atoms with Crippen LogP contribution in [0.4, 0.5) is 0 Å². The zero-order chi connectivity index (χ0) is 13.8. The molecule has 0 spiro atoms. The lowest BCUT2D eigenvalue weighted by Crippen LogP contribution is -2.30. The lowest BCUT2D eigenvalue weighted by Gasteiger charge is -2.20. The topological polar surface area (TPSA) is 49.8 Å². The molecule has 4 nitrogen and oxygen atoms in total. The first-order valence-electron chi connectivity index (χ1n) is 6.70. The smallest absolute Gasteiger partial charge is 0.223 e. The van der Waals surface area contributed by atoms with Gasteiger partial charge in [0.2, 0.25) is 5.91 Å². The summed E-state index contributed by atoms with van der Waals surface area (Å²) in [6.07, 6.45) is 0.785. The number of para-hydroxylation sites is 1. The summed E-state index contributed by atoms with van der Waals surface area (Å²) in [5, 5.41) is 9.47. The van der Waals surface area contributed by atoms with Crippen LogP contribution in [0, 0.1) is 0 Å². The highest BCUT2D eigenvalue weighted by Gasteiger charge is 2.26. The lowest BCUT2D eigenvalue weighted by atomic mass is 9.96. The fourth-order valence-electron chi connectivity index (χ4n) is 2.54. The third kappa shape index (κ3) is 3.26. The first-order valence-corrected chi connectivity index (χ1v) is 6.70. The number of aliphatic hydroxyl groups excluding tert-OH is 1. The number of benzene rings is 1. The van der Waals surface area contributed by atoms with Gasteiger partial charge in [-0.15, -0.1) is 0 Å². The summed E-state index contributed by atoms with van der Waals surface area (Å²) in [4.78, 5) is 13.9. The average molecular weight is 263 g/mol. The second-order valence-corrected chi connectivity index (χ2v) is 5.13. The summed E-state index contributed by atoms with van der Waals surface area (Å²) in [5.41, 5.74) is 1.05. The Balaban J connectivity index is 2.00. The molecule has 1 aromatic rings. The summed E-state index contributed by atoms with van der Waals surface area (Å²) in [5.74, 6) is 1.04. The molecule has 1 heterocycles. The van der Waals surface area contributed by atoms with Crippen molar-refractivity contribution in [1.82, 2.24) is 4.90 Å². The molecule has 1 N–H and O–H groups in total. The van der Waals surface area contributed by atoms with Crippen molar-refractivity contribution >= 4 is 5.91 Å². The van der Waals surface area contributed by atoms with Gasteiger partial charge in [-0.25, -0.2) is 0 Å². The second-order valence-electron chi connectivity index (χ2n) is 5.13. The standard InChI is InChI=1S/C15H21NO3/c1-11(13-5-3-4-6-14(13)19-2)9-15(18)16-8-7-12(17)10-16/h3-6,11-12,17H,7-10H2,1-2H3/t11?,12-/m1/s1. The van der Waals surface area contributed by atoms with Gasteiger partial charge in [0.25, 0.3) is 0 Å². The van der Waals surface area contributed by atoms with Crippen LogP contribution in [0.5, 0.6) is 5.75 Å². The fourth-order valence-corrected chi connectivity index (χ4v) is 2.54. The summed E-state index contributed by atoms with van der Waals surface area (Å²) in [6.45, 7) is 3.17. The Kier molecular flexibility index (Phi) is 4.43. The molecule has 19 heavy (non-hydrogen) atoms. The van der Waals surface area contributed by atoms with E-state index in [9.17, 15) is 9.90 Å². The van der Waals surface area contributed by atoms with Crippen LogP contribution in [-0.4, -0.2) is 42.2 Å². The summed E-state index contributed by atoms with van der Waals surface area (Å²) < 4.78 is 5.33. The van der Waals surface area contributed by atoms with Gasteiger partial charge in [0, 0.05) is 19.5 Å². The average Bonchev–Trinajstić information content (AvgIpc) is 2.85. The van der Waals surface area contributed by atoms with Crippen molar-refractivity contribution in [1.29, 1.82) is 0 Å². The van der Waals surface area contributed by atoms with E-state index in [1.165, 1.54) is 0 Å². The molecule has 1 aromatic carbocycles.